The van der Waals surface area contributed by atoms with Crippen molar-refractivity contribution in [3.8, 4) is 0 Å². The first-order valence-electron chi connectivity index (χ1n) is 7.98. The van der Waals surface area contributed by atoms with Crippen molar-refractivity contribution in [2.45, 2.75) is 6.92 Å². The average molecular weight is 364 g/mol. The molecule has 4 N–H and O–H groups in total. The number of para-hydroxylation sites is 1. The molecular formula is C19H16N4O4. The van der Waals surface area contributed by atoms with Crippen LogP contribution in [0.25, 0.3) is 0 Å². The Bertz CT molecular complexity index is 1020. The highest BCUT2D eigenvalue weighted by atomic mass is 16.4. The summed E-state index contributed by atoms with van der Waals surface area (Å²) < 4.78 is 0. The van der Waals surface area contributed by atoms with Gasteiger partial charge >= 0.3 is 11.9 Å². The molecule has 3 rings (SSSR count). The summed E-state index contributed by atoms with van der Waals surface area (Å²) in [5.41, 5.74) is 1.84. The van der Waals surface area contributed by atoms with E-state index in [0.717, 1.165) is 0 Å². The van der Waals surface area contributed by atoms with Crippen LogP contribution < -0.4 is 10.6 Å². The predicted octanol–water partition coefficient (Wildman–Crippen LogP) is 3.67. The Hall–Kier alpha value is -3.94. The van der Waals surface area contributed by atoms with E-state index in [9.17, 15) is 14.7 Å². The van der Waals surface area contributed by atoms with Crippen LogP contribution in [0.5, 0.6) is 0 Å². The number of nitrogens with one attached hydrogen (secondary N) is 2. The van der Waals surface area contributed by atoms with E-state index in [4.69, 9.17) is 5.11 Å². The highest BCUT2D eigenvalue weighted by Crippen LogP contribution is 2.22. The molecule has 2 aromatic carbocycles. The van der Waals surface area contributed by atoms with Crippen molar-refractivity contribution < 1.29 is 19.8 Å². The van der Waals surface area contributed by atoms with Crippen LogP contribution in [0.3, 0.4) is 0 Å². The van der Waals surface area contributed by atoms with E-state index < -0.39 is 11.9 Å². The van der Waals surface area contributed by atoms with Gasteiger partial charge in [0, 0.05) is 17.4 Å². The Morgan fingerprint density at radius 2 is 1.67 bits per heavy atom. The van der Waals surface area contributed by atoms with Crippen LogP contribution in [-0.4, -0.2) is 32.1 Å². The van der Waals surface area contributed by atoms with Crippen LogP contribution in [0.4, 0.5) is 23.1 Å². The number of aromatic carboxylic acids is 2. The molecule has 0 aliphatic carbocycles. The molecule has 0 aliphatic heterocycles. The lowest BCUT2D eigenvalue weighted by molar-refractivity contribution is 0.0686. The fourth-order valence-corrected chi connectivity index (χ4v) is 2.46. The maximum atomic E-state index is 11.3. The predicted molar refractivity (Wildman–Crippen MR) is 100 cm³/mol. The molecule has 0 saturated carbocycles. The van der Waals surface area contributed by atoms with Gasteiger partial charge in [-0.25, -0.2) is 14.6 Å². The van der Waals surface area contributed by atoms with Crippen LogP contribution in [0.15, 0.2) is 54.6 Å². The number of hydrogen-bond donors (Lipinski definition) is 4. The number of carboxylic acid groups (broad SMARTS) is 2. The SMILES string of the molecule is Cc1cc(Nc2ccccc2C(=O)O)nc(Nc2cccc(C(=O)O)c2)n1. The molecule has 0 amide bonds. The number of benzene rings is 2. The number of hydrogen-bond acceptors (Lipinski definition) is 6. The molecule has 136 valence electrons. The lowest BCUT2D eigenvalue weighted by Gasteiger charge is -2.12. The van der Waals surface area contributed by atoms with E-state index in [-0.39, 0.29) is 17.1 Å². The van der Waals surface area contributed by atoms with Crippen molar-refractivity contribution in [3.05, 3.63) is 71.4 Å². The molecule has 1 heterocycles. The van der Waals surface area contributed by atoms with E-state index in [2.05, 4.69) is 20.6 Å². The molecule has 0 bridgehead atoms. The number of rotatable bonds is 6. The minimum Gasteiger partial charge on any atom is -0.478 e. The highest BCUT2D eigenvalue weighted by molar-refractivity contribution is 5.95. The zero-order chi connectivity index (χ0) is 19.4. The van der Waals surface area contributed by atoms with Crippen LogP contribution in [0, 0.1) is 6.92 Å². The van der Waals surface area contributed by atoms with E-state index in [1.165, 1.54) is 18.2 Å². The summed E-state index contributed by atoms with van der Waals surface area (Å²) >= 11 is 0. The second-order valence-electron chi connectivity index (χ2n) is 5.70. The molecule has 27 heavy (non-hydrogen) atoms. The topological polar surface area (TPSA) is 124 Å². The Balaban J connectivity index is 1.88. The first-order valence-corrected chi connectivity index (χ1v) is 7.98. The van der Waals surface area contributed by atoms with Gasteiger partial charge in [0.25, 0.3) is 0 Å². The van der Waals surface area contributed by atoms with Crippen molar-refractivity contribution in [2.75, 3.05) is 10.6 Å². The van der Waals surface area contributed by atoms with Gasteiger partial charge in [0.1, 0.15) is 5.82 Å². The number of carboxylic acids is 2. The molecule has 0 aliphatic rings. The molecule has 0 spiro atoms. The van der Waals surface area contributed by atoms with Gasteiger partial charge < -0.3 is 20.8 Å². The lowest BCUT2D eigenvalue weighted by atomic mass is 10.2. The first kappa shape index (κ1) is 17.9. The molecule has 0 saturated heterocycles. The van der Waals surface area contributed by atoms with Crippen molar-refractivity contribution >= 4 is 35.1 Å². The molecule has 0 unspecified atom stereocenters. The second-order valence-corrected chi connectivity index (χ2v) is 5.70. The van der Waals surface area contributed by atoms with Crippen molar-refractivity contribution in [2.24, 2.45) is 0 Å². The van der Waals surface area contributed by atoms with Gasteiger partial charge in [-0.15, -0.1) is 0 Å². The first-order chi connectivity index (χ1) is 12.9. The van der Waals surface area contributed by atoms with Gasteiger partial charge in [-0.1, -0.05) is 18.2 Å². The van der Waals surface area contributed by atoms with Gasteiger partial charge in [-0.3, -0.25) is 0 Å². The summed E-state index contributed by atoms with van der Waals surface area (Å²) in [6.45, 7) is 1.77. The fraction of sp³-hybridized carbons (Fsp3) is 0.0526. The van der Waals surface area contributed by atoms with Crippen molar-refractivity contribution in [3.63, 3.8) is 0 Å². The Morgan fingerprint density at radius 1 is 0.889 bits per heavy atom. The number of aromatic nitrogens is 2. The van der Waals surface area contributed by atoms with Gasteiger partial charge in [0.2, 0.25) is 5.95 Å². The quantitative estimate of drug-likeness (QED) is 0.522. The zero-order valence-corrected chi connectivity index (χ0v) is 14.3. The smallest absolute Gasteiger partial charge is 0.337 e. The summed E-state index contributed by atoms with van der Waals surface area (Å²) in [6.07, 6.45) is 0. The molecule has 3 aromatic rings. The number of carbonyl (C=O) groups is 2. The molecule has 0 atom stereocenters. The van der Waals surface area contributed by atoms with Crippen molar-refractivity contribution in [1.82, 2.24) is 9.97 Å². The summed E-state index contributed by atoms with van der Waals surface area (Å²) in [7, 11) is 0. The molecule has 0 radical (unpaired) electrons. The molecule has 1 aromatic heterocycles. The summed E-state index contributed by atoms with van der Waals surface area (Å²) in [6, 6.07) is 14.5. The summed E-state index contributed by atoms with van der Waals surface area (Å²) in [5, 5.41) is 24.3. The lowest BCUT2D eigenvalue weighted by Crippen LogP contribution is -2.06. The average Bonchev–Trinajstić information content (AvgIpc) is 2.61. The minimum absolute atomic E-state index is 0.123. The van der Waals surface area contributed by atoms with Crippen LogP contribution in [0.1, 0.15) is 26.4 Å². The third kappa shape index (κ3) is 4.37. The molecule has 8 nitrogen and oxygen atoms in total. The Kier molecular flexibility index (Phi) is 4.98. The van der Waals surface area contributed by atoms with Gasteiger partial charge in [-0.05, 0) is 37.3 Å². The second kappa shape index (κ2) is 7.52. The van der Waals surface area contributed by atoms with E-state index >= 15 is 0 Å². The number of aryl methyl sites for hydroxylation is 1. The summed E-state index contributed by atoms with van der Waals surface area (Å²) in [5.74, 6) is -1.41. The maximum Gasteiger partial charge on any atom is 0.337 e. The monoisotopic (exact) mass is 364 g/mol. The van der Waals surface area contributed by atoms with Crippen molar-refractivity contribution in [1.29, 1.82) is 0 Å². The molecule has 0 fully saturated rings. The standard InChI is InChI=1S/C19H16N4O4/c1-11-9-16(22-15-8-3-2-7-14(15)18(26)27)23-19(20-11)21-13-6-4-5-12(10-13)17(24)25/h2-10H,1H3,(H,24,25)(H,26,27)(H2,20,21,22,23). The Labute approximate surface area is 154 Å². The van der Waals surface area contributed by atoms with E-state index in [1.54, 1.807) is 43.3 Å². The van der Waals surface area contributed by atoms with Gasteiger partial charge in [0.05, 0.1) is 16.8 Å². The van der Waals surface area contributed by atoms with Gasteiger partial charge in [0.15, 0.2) is 0 Å². The van der Waals surface area contributed by atoms with Crippen LogP contribution in [0.2, 0.25) is 0 Å². The van der Waals surface area contributed by atoms with E-state index in [0.29, 0.717) is 22.9 Å². The zero-order valence-electron chi connectivity index (χ0n) is 14.3. The third-order valence-corrected chi connectivity index (χ3v) is 3.64. The van der Waals surface area contributed by atoms with Crippen LogP contribution >= 0.6 is 0 Å². The van der Waals surface area contributed by atoms with Gasteiger partial charge in [-0.2, -0.15) is 4.98 Å². The van der Waals surface area contributed by atoms with E-state index in [1.807, 2.05) is 0 Å². The maximum absolute atomic E-state index is 11.3. The number of anilines is 4. The minimum atomic E-state index is -1.05. The fourth-order valence-electron chi connectivity index (χ4n) is 2.46. The normalized spacial score (nSPS) is 10.3. The molecular weight excluding hydrogens is 348 g/mol. The largest absolute Gasteiger partial charge is 0.478 e. The molecule has 8 heteroatoms. The third-order valence-electron chi connectivity index (χ3n) is 3.64. The van der Waals surface area contributed by atoms with Crippen LogP contribution in [-0.2, 0) is 0 Å². The highest BCUT2D eigenvalue weighted by Gasteiger charge is 2.11. The number of nitrogens with zero attached hydrogens (tertiary/aromatic N) is 2. The Morgan fingerprint density at radius 3 is 2.41 bits per heavy atom. The summed E-state index contributed by atoms with van der Waals surface area (Å²) in [4.78, 5) is 31.0.